The molecule has 1 aliphatic rings. The maximum absolute atomic E-state index is 11.0. The second kappa shape index (κ2) is 4.77. The zero-order valence-electron chi connectivity index (χ0n) is 10.1. The topological polar surface area (TPSA) is 72.6 Å². The lowest BCUT2D eigenvalue weighted by Crippen LogP contribution is -2.04. The number of aromatic nitrogens is 1. The minimum Gasteiger partial charge on any atom is -0.476 e. The first-order valence-electron chi connectivity index (χ1n) is 6.00. The third kappa shape index (κ3) is 2.28. The highest BCUT2D eigenvalue weighted by molar-refractivity contribution is 5.87. The molecule has 1 aromatic rings. The van der Waals surface area contributed by atoms with Gasteiger partial charge in [-0.25, -0.2) is 9.78 Å². The Kier molecular flexibility index (Phi) is 3.36. The Bertz CT molecular complexity index is 413. The molecule has 2 unspecified atom stereocenters. The van der Waals surface area contributed by atoms with E-state index in [1.165, 1.54) is 0 Å². The fraction of sp³-hybridized carbons (Fsp3) is 0.667. The van der Waals surface area contributed by atoms with Crippen molar-refractivity contribution >= 4 is 5.97 Å². The molecule has 0 bridgehead atoms. The summed E-state index contributed by atoms with van der Waals surface area (Å²) in [5.74, 6) is 0.158. The highest BCUT2D eigenvalue weighted by Gasteiger charge is 2.32. The predicted octanol–water partition coefficient (Wildman–Crippen LogP) is 2.68. The highest BCUT2D eigenvalue weighted by atomic mass is 16.6. The Morgan fingerprint density at radius 3 is 2.88 bits per heavy atom. The van der Waals surface area contributed by atoms with Gasteiger partial charge in [-0.05, 0) is 25.7 Å². The van der Waals surface area contributed by atoms with E-state index in [1.54, 1.807) is 6.92 Å². The number of carboxylic acid groups (broad SMARTS) is 1. The molecule has 1 N–H and O–H groups in total. The first-order valence-corrected chi connectivity index (χ1v) is 6.00. The van der Waals surface area contributed by atoms with Gasteiger partial charge in [0.25, 0.3) is 0 Å². The molecule has 0 aliphatic heterocycles. The van der Waals surface area contributed by atoms with Gasteiger partial charge in [0.05, 0.1) is 6.61 Å². The van der Waals surface area contributed by atoms with Gasteiger partial charge < -0.3 is 14.3 Å². The quantitative estimate of drug-likeness (QED) is 0.874. The van der Waals surface area contributed by atoms with Crippen LogP contribution in [0.3, 0.4) is 0 Å². The normalized spacial score (nSPS) is 23.9. The zero-order valence-corrected chi connectivity index (χ0v) is 10.1. The van der Waals surface area contributed by atoms with Crippen molar-refractivity contribution in [1.29, 1.82) is 0 Å². The number of ether oxygens (including phenoxy) is 1. The van der Waals surface area contributed by atoms with Crippen LogP contribution in [0.25, 0.3) is 0 Å². The second-order valence-electron chi connectivity index (χ2n) is 4.44. The smallest absolute Gasteiger partial charge is 0.362 e. The SMILES string of the molecule is CCOc1oc(C2CCCC2C)nc1C(=O)O. The van der Waals surface area contributed by atoms with E-state index in [2.05, 4.69) is 11.9 Å². The van der Waals surface area contributed by atoms with Crippen LogP contribution in [0.15, 0.2) is 4.42 Å². The van der Waals surface area contributed by atoms with Crippen molar-refractivity contribution in [1.82, 2.24) is 4.98 Å². The number of nitrogens with zero attached hydrogens (tertiary/aromatic N) is 1. The first-order chi connectivity index (χ1) is 8.13. The van der Waals surface area contributed by atoms with Crippen molar-refractivity contribution in [3.8, 4) is 5.95 Å². The predicted molar refractivity (Wildman–Crippen MR) is 60.4 cm³/mol. The van der Waals surface area contributed by atoms with Crippen molar-refractivity contribution in [2.75, 3.05) is 6.61 Å². The Balaban J connectivity index is 2.29. The van der Waals surface area contributed by atoms with Crippen molar-refractivity contribution in [3.05, 3.63) is 11.6 Å². The summed E-state index contributed by atoms with van der Waals surface area (Å²) in [6.45, 7) is 4.30. The van der Waals surface area contributed by atoms with E-state index < -0.39 is 5.97 Å². The average Bonchev–Trinajstić information content (AvgIpc) is 2.84. The molecular weight excluding hydrogens is 222 g/mol. The lowest BCUT2D eigenvalue weighted by atomic mass is 9.98. The molecule has 1 aromatic heterocycles. The largest absolute Gasteiger partial charge is 0.476 e. The molecule has 1 fully saturated rings. The number of hydrogen-bond acceptors (Lipinski definition) is 4. The monoisotopic (exact) mass is 239 g/mol. The summed E-state index contributed by atoms with van der Waals surface area (Å²) >= 11 is 0. The van der Waals surface area contributed by atoms with Gasteiger partial charge in [-0.15, -0.1) is 0 Å². The van der Waals surface area contributed by atoms with Crippen molar-refractivity contribution < 1.29 is 19.1 Å². The highest BCUT2D eigenvalue weighted by Crippen LogP contribution is 2.40. The van der Waals surface area contributed by atoms with Crippen LogP contribution in [0.2, 0.25) is 0 Å². The van der Waals surface area contributed by atoms with Gasteiger partial charge in [-0.3, -0.25) is 0 Å². The molecule has 5 heteroatoms. The summed E-state index contributed by atoms with van der Waals surface area (Å²) in [6, 6.07) is 0. The molecule has 0 amide bonds. The van der Waals surface area contributed by atoms with Crippen LogP contribution < -0.4 is 4.74 Å². The fourth-order valence-corrected chi connectivity index (χ4v) is 2.36. The van der Waals surface area contributed by atoms with Crippen LogP contribution in [0.5, 0.6) is 5.95 Å². The van der Waals surface area contributed by atoms with Crippen LogP contribution in [0.4, 0.5) is 0 Å². The van der Waals surface area contributed by atoms with E-state index in [0.717, 1.165) is 19.3 Å². The lowest BCUT2D eigenvalue weighted by Gasteiger charge is -2.09. The van der Waals surface area contributed by atoms with E-state index in [4.69, 9.17) is 14.3 Å². The molecule has 0 spiro atoms. The molecule has 5 nitrogen and oxygen atoms in total. The van der Waals surface area contributed by atoms with Crippen LogP contribution in [0.1, 0.15) is 55.4 Å². The van der Waals surface area contributed by atoms with E-state index in [0.29, 0.717) is 18.4 Å². The molecule has 1 saturated carbocycles. The van der Waals surface area contributed by atoms with E-state index in [-0.39, 0.29) is 17.6 Å². The van der Waals surface area contributed by atoms with Crippen molar-refractivity contribution in [3.63, 3.8) is 0 Å². The molecule has 2 rings (SSSR count). The van der Waals surface area contributed by atoms with Gasteiger partial charge in [-0.1, -0.05) is 13.3 Å². The number of aromatic carboxylic acids is 1. The molecule has 17 heavy (non-hydrogen) atoms. The molecule has 0 radical (unpaired) electrons. The Morgan fingerprint density at radius 1 is 1.59 bits per heavy atom. The minimum atomic E-state index is -1.10. The van der Waals surface area contributed by atoms with Gasteiger partial charge in [0.2, 0.25) is 11.6 Å². The molecule has 0 aromatic carbocycles. The summed E-state index contributed by atoms with van der Waals surface area (Å²) in [4.78, 5) is 15.1. The van der Waals surface area contributed by atoms with Gasteiger partial charge in [0, 0.05) is 5.92 Å². The van der Waals surface area contributed by atoms with Crippen LogP contribution in [-0.4, -0.2) is 22.7 Å². The van der Waals surface area contributed by atoms with Crippen molar-refractivity contribution in [2.24, 2.45) is 5.92 Å². The van der Waals surface area contributed by atoms with Gasteiger partial charge in [0.15, 0.2) is 0 Å². The number of carboxylic acids is 1. The first kappa shape index (κ1) is 12.0. The molecule has 2 atom stereocenters. The van der Waals surface area contributed by atoms with E-state index >= 15 is 0 Å². The summed E-state index contributed by atoms with van der Waals surface area (Å²) in [7, 11) is 0. The van der Waals surface area contributed by atoms with Crippen molar-refractivity contribution in [2.45, 2.75) is 39.0 Å². The molecule has 1 aliphatic carbocycles. The minimum absolute atomic E-state index is 0.0362. The van der Waals surface area contributed by atoms with Gasteiger partial charge in [-0.2, -0.15) is 0 Å². The number of oxazole rings is 1. The molecule has 94 valence electrons. The zero-order chi connectivity index (χ0) is 12.4. The number of rotatable bonds is 4. The maximum atomic E-state index is 11.0. The van der Waals surface area contributed by atoms with Gasteiger partial charge in [0.1, 0.15) is 0 Å². The van der Waals surface area contributed by atoms with Gasteiger partial charge >= 0.3 is 11.9 Å². The third-order valence-electron chi connectivity index (χ3n) is 3.27. The Labute approximate surface area is 99.8 Å². The summed E-state index contributed by atoms with van der Waals surface area (Å²) in [5.41, 5.74) is -0.110. The number of hydrogen-bond donors (Lipinski definition) is 1. The second-order valence-corrected chi connectivity index (χ2v) is 4.44. The number of carbonyl (C=O) groups is 1. The molecule has 0 saturated heterocycles. The van der Waals surface area contributed by atoms with E-state index in [9.17, 15) is 4.79 Å². The molecule has 1 heterocycles. The van der Waals surface area contributed by atoms with Crippen LogP contribution >= 0.6 is 0 Å². The Hall–Kier alpha value is -1.52. The summed E-state index contributed by atoms with van der Waals surface area (Å²) < 4.78 is 10.6. The molecular formula is C12H17NO4. The average molecular weight is 239 g/mol. The summed E-state index contributed by atoms with van der Waals surface area (Å²) in [6.07, 6.45) is 3.28. The van der Waals surface area contributed by atoms with E-state index in [1.807, 2.05) is 0 Å². The maximum Gasteiger partial charge on any atom is 0.362 e. The summed E-state index contributed by atoms with van der Waals surface area (Å²) in [5, 5.41) is 9.01. The Morgan fingerprint density at radius 2 is 2.35 bits per heavy atom. The fourth-order valence-electron chi connectivity index (χ4n) is 2.36. The third-order valence-corrected chi connectivity index (χ3v) is 3.27. The standard InChI is InChI=1S/C12H17NO4/c1-3-16-12-9(11(14)15)13-10(17-12)8-6-4-5-7(8)2/h7-8H,3-6H2,1-2H3,(H,14,15). The lowest BCUT2D eigenvalue weighted by molar-refractivity contribution is 0.0683. The van der Waals surface area contributed by atoms with Crippen LogP contribution in [0, 0.1) is 5.92 Å². The van der Waals surface area contributed by atoms with Crippen LogP contribution in [-0.2, 0) is 0 Å².